The summed E-state index contributed by atoms with van der Waals surface area (Å²) in [6, 6.07) is 3.98. The van der Waals surface area contributed by atoms with E-state index >= 15 is 0 Å². The summed E-state index contributed by atoms with van der Waals surface area (Å²) in [5.41, 5.74) is -0.693. The number of aliphatic hydroxyl groups excluding tert-OH is 1. The summed E-state index contributed by atoms with van der Waals surface area (Å²) in [6.45, 7) is 10.8. The van der Waals surface area contributed by atoms with Crippen molar-refractivity contribution in [2.24, 2.45) is 0 Å². The third-order valence-electron chi connectivity index (χ3n) is 3.04. The van der Waals surface area contributed by atoms with Crippen LogP contribution in [0.1, 0.15) is 53.2 Å². The van der Waals surface area contributed by atoms with Gasteiger partial charge in [-0.2, -0.15) is 0 Å². The van der Waals surface area contributed by atoms with Crippen molar-refractivity contribution in [3.05, 3.63) is 59.2 Å². The summed E-state index contributed by atoms with van der Waals surface area (Å²) in [7, 11) is 0. The summed E-state index contributed by atoms with van der Waals surface area (Å²) < 4.78 is 9.24. The molecule has 0 bridgehead atoms. The second kappa shape index (κ2) is 8.16. The van der Waals surface area contributed by atoms with Crippen LogP contribution in [0.3, 0.4) is 0 Å². The Morgan fingerprint density at radius 3 is 1.88 bits per heavy atom. The van der Waals surface area contributed by atoms with Gasteiger partial charge in [-0.1, -0.05) is 25.3 Å². The van der Waals surface area contributed by atoms with Crippen LogP contribution in [0, 0.1) is 0 Å². The van der Waals surface area contributed by atoms with Gasteiger partial charge in [0.2, 0.25) is 0 Å². The smallest absolute Gasteiger partial charge is 0.347 e. The van der Waals surface area contributed by atoms with E-state index < -0.39 is 30.0 Å². The van der Waals surface area contributed by atoms with Crippen molar-refractivity contribution in [3.63, 3.8) is 0 Å². The van der Waals surface area contributed by atoms with Crippen LogP contribution in [0.2, 0.25) is 0 Å². The molecule has 0 aliphatic rings. The second-order valence-corrected chi connectivity index (χ2v) is 5.36. The molecule has 7 heteroatoms. The maximum atomic E-state index is 12.3. The van der Waals surface area contributed by atoms with Gasteiger partial charge in [0.25, 0.3) is 0 Å². The summed E-state index contributed by atoms with van der Waals surface area (Å²) in [5, 5.41) is 9.83. The highest BCUT2D eigenvalue weighted by molar-refractivity contribution is 6.11. The van der Waals surface area contributed by atoms with Crippen molar-refractivity contribution in [2.45, 2.75) is 26.9 Å². The highest BCUT2D eigenvalue weighted by Gasteiger charge is 2.27. The molecule has 1 unspecified atom stereocenters. The van der Waals surface area contributed by atoms with E-state index in [0.29, 0.717) is 0 Å². The van der Waals surface area contributed by atoms with Crippen LogP contribution in [0.5, 0.6) is 0 Å². The van der Waals surface area contributed by atoms with E-state index in [1.54, 1.807) is 0 Å². The van der Waals surface area contributed by atoms with Crippen molar-refractivity contribution in [3.8, 4) is 0 Å². The van der Waals surface area contributed by atoms with Crippen molar-refractivity contribution < 1.29 is 33.8 Å². The fraction of sp³-hybridized carbons (Fsp3) is 0.222. The van der Waals surface area contributed by atoms with E-state index in [4.69, 9.17) is 0 Å². The second-order valence-electron chi connectivity index (χ2n) is 5.36. The zero-order valence-electron chi connectivity index (χ0n) is 14.1. The van der Waals surface area contributed by atoms with Gasteiger partial charge < -0.3 is 14.6 Å². The first-order valence-corrected chi connectivity index (χ1v) is 7.21. The maximum absolute atomic E-state index is 12.3. The Morgan fingerprint density at radius 2 is 1.44 bits per heavy atom. The van der Waals surface area contributed by atoms with E-state index in [2.05, 4.69) is 22.6 Å². The summed E-state index contributed by atoms with van der Waals surface area (Å²) >= 11 is 0. The van der Waals surface area contributed by atoms with Crippen molar-refractivity contribution in [1.82, 2.24) is 0 Å². The largest absolute Gasteiger partial charge is 0.389 e. The first kappa shape index (κ1) is 20.0. The molecular formula is C18H18O7. The van der Waals surface area contributed by atoms with E-state index in [-0.39, 0.29) is 27.8 Å². The summed E-state index contributed by atoms with van der Waals surface area (Å²) in [4.78, 5) is 47.6. The zero-order chi connectivity index (χ0) is 19.3. The highest BCUT2D eigenvalue weighted by Crippen LogP contribution is 2.24. The van der Waals surface area contributed by atoms with E-state index in [0.717, 1.165) is 0 Å². The maximum Gasteiger partial charge on any atom is 0.347 e. The summed E-state index contributed by atoms with van der Waals surface area (Å²) in [5.74, 6) is -4.25. The molecule has 0 amide bonds. The quantitative estimate of drug-likeness (QED) is 0.495. The minimum Gasteiger partial charge on any atom is -0.389 e. The zero-order valence-corrected chi connectivity index (χ0v) is 14.1. The van der Waals surface area contributed by atoms with Crippen LogP contribution in [-0.2, 0) is 19.1 Å². The van der Waals surface area contributed by atoms with E-state index in [1.165, 1.54) is 39.0 Å². The minimum absolute atomic E-state index is 0.0124. The van der Waals surface area contributed by atoms with Crippen molar-refractivity contribution >= 4 is 23.9 Å². The molecular weight excluding hydrogens is 328 g/mol. The highest BCUT2D eigenvalue weighted by atomic mass is 16.6. The minimum atomic E-state index is -1.17. The molecule has 1 rings (SSSR count). The fourth-order valence-corrected chi connectivity index (χ4v) is 1.76. The lowest BCUT2D eigenvalue weighted by molar-refractivity contribution is -0.134. The molecule has 0 saturated heterocycles. The monoisotopic (exact) mass is 346 g/mol. The van der Waals surface area contributed by atoms with Gasteiger partial charge in [0.1, 0.15) is 0 Å². The molecule has 0 heterocycles. The van der Waals surface area contributed by atoms with Gasteiger partial charge in [-0.05, 0) is 32.4 Å². The van der Waals surface area contributed by atoms with Crippen LogP contribution >= 0.6 is 0 Å². The Labute approximate surface area is 144 Å². The molecule has 1 aromatic carbocycles. The first-order valence-electron chi connectivity index (χ1n) is 7.21. The van der Waals surface area contributed by atoms with Gasteiger partial charge >= 0.3 is 23.9 Å². The molecule has 1 atom stereocenters. The van der Waals surface area contributed by atoms with Crippen LogP contribution in [0.4, 0.5) is 0 Å². The fourth-order valence-electron chi connectivity index (χ4n) is 1.76. The van der Waals surface area contributed by atoms with Crippen LogP contribution in [0.15, 0.2) is 42.5 Å². The van der Waals surface area contributed by atoms with Crippen LogP contribution < -0.4 is 0 Å². The molecule has 25 heavy (non-hydrogen) atoms. The lowest BCUT2D eigenvalue weighted by Crippen LogP contribution is -2.21. The average Bonchev–Trinajstić information content (AvgIpc) is 2.53. The third-order valence-corrected chi connectivity index (χ3v) is 3.04. The van der Waals surface area contributed by atoms with Gasteiger partial charge in [0.15, 0.2) is 0 Å². The molecule has 132 valence electrons. The lowest BCUT2D eigenvalue weighted by Gasteiger charge is -2.14. The van der Waals surface area contributed by atoms with Gasteiger partial charge in [0, 0.05) is 11.1 Å². The van der Waals surface area contributed by atoms with Gasteiger partial charge in [-0.25, -0.2) is 19.2 Å². The average molecular weight is 346 g/mol. The van der Waals surface area contributed by atoms with Gasteiger partial charge in [-0.3, -0.25) is 0 Å². The number of rotatable bonds is 5. The Hall–Kier alpha value is -3.06. The Balaban J connectivity index is 3.37. The number of hydrogen-bond donors (Lipinski definition) is 1. The molecule has 0 aliphatic carbocycles. The number of aliphatic hydroxyl groups is 1. The molecule has 1 aromatic rings. The predicted octanol–water partition coefficient (Wildman–Crippen LogP) is 2.26. The Kier molecular flexibility index (Phi) is 6.52. The van der Waals surface area contributed by atoms with Crippen molar-refractivity contribution in [2.75, 3.05) is 0 Å². The topological polar surface area (TPSA) is 107 Å². The molecule has 0 aromatic heterocycles. The standard InChI is InChI=1S/C18H18O7/c1-9(2)15(20)24-17(22)13-8-6-7-12(11(5)19)14(13)18(23)25-16(21)10(3)4/h6-8,11,19H,1,3H2,2,4-5H3. The molecule has 0 spiro atoms. The van der Waals surface area contributed by atoms with E-state index in [9.17, 15) is 24.3 Å². The molecule has 0 aliphatic heterocycles. The molecule has 0 fully saturated rings. The predicted molar refractivity (Wildman–Crippen MR) is 87.5 cm³/mol. The van der Waals surface area contributed by atoms with Gasteiger partial charge in [-0.15, -0.1) is 0 Å². The summed E-state index contributed by atoms with van der Waals surface area (Å²) in [6.07, 6.45) is -1.15. The SMILES string of the molecule is C=C(C)C(=O)OC(=O)c1cccc(C(C)O)c1C(=O)OC(=O)C(=C)C. The molecule has 0 radical (unpaired) electrons. The van der Waals surface area contributed by atoms with Crippen molar-refractivity contribution in [1.29, 1.82) is 0 Å². The first-order chi connectivity index (χ1) is 11.6. The normalized spacial score (nSPS) is 11.2. The molecule has 7 nitrogen and oxygen atoms in total. The number of hydrogen-bond acceptors (Lipinski definition) is 7. The Morgan fingerprint density at radius 1 is 0.960 bits per heavy atom. The number of benzene rings is 1. The van der Waals surface area contributed by atoms with Crippen LogP contribution in [-0.4, -0.2) is 29.0 Å². The number of ether oxygens (including phenoxy) is 2. The number of carbonyl (C=O) groups excluding carboxylic acids is 4. The molecule has 0 saturated carbocycles. The number of esters is 4. The van der Waals surface area contributed by atoms with E-state index in [1.807, 2.05) is 0 Å². The molecule has 1 N–H and O–H groups in total. The van der Waals surface area contributed by atoms with Gasteiger partial charge in [0.05, 0.1) is 17.2 Å². The number of carbonyl (C=O) groups is 4. The Bertz CT molecular complexity index is 772. The van der Waals surface area contributed by atoms with Crippen LogP contribution in [0.25, 0.3) is 0 Å². The lowest BCUT2D eigenvalue weighted by atomic mass is 9.97. The third kappa shape index (κ3) is 4.95.